The molecule has 4 nitrogen and oxygen atoms in total. The molecule has 0 aliphatic rings. The number of hydrogen-bond acceptors (Lipinski definition) is 5. The average Bonchev–Trinajstić information content (AvgIpc) is 2.71. The molecule has 0 fully saturated rings. The van der Waals surface area contributed by atoms with Crippen molar-refractivity contribution in [3.05, 3.63) is 36.4 Å². The predicted molar refractivity (Wildman–Crippen MR) is 62.3 cm³/mol. The summed E-state index contributed by atoms with van der Waals surface area (Å²) in [7, 11) is 0. The van der Waals surface area contributed by atoms with Crippen LogP contribution in [0.25, 0.3) is 21.0 Å². The number of benzene rings is 1. The highest BCUT2D eigenvalue weighted by atomic mass is 32.1. The van der Waals surface area contributed by atoms with Crippen LogP contribution in [0, 0.1) is 5.82 Å². The lowest BCUT2D eigenvalue weighted by Crippen LogP contribution is -1.84. The topological polar surface area (TPSA) is 58.9 Å². The lowest BCUT2D eigenvalue weighted by atomic mass is 10.2. The monoisotopic (exact) mass is 247 g/mol. The molecule has 0 unspecified atom stereocenters. The molecule has 1 aromatic carbocycles. The minimum atomic E-state index is -0.510. The lowest BCUT2D eigenvalue weighted by molar-refractivity contribution is 0.472. The normalized spacial score (nSPS) is 10.9. The van der Waals surface area contributed by atoms with Gasteiger partial charge in [-0.05, 0) is 12.1 Å². The van der Waals surface area contributed by atoms with Crippen LogP contribution in [0.4, 0.5) is 4.39 Å². The number of fused-ring (bicyclic) bond motifs is 1. The van der Waals surface area contributed by atoms with Crippen LogP contribution in [0.2, 0.25) is 0 Å². The fourth-order valence-electron chi connectivity index (χ4n) is 1.51. The fraction of sp³-hybridized carbons (Fsp3) is 0. The lowest BCUT2D eigenvalue weighted by Gasteiger charge is -2.00. The Hall–Kier alpha value is -2.08. The number of rotatable bonds is 1. The Morgan fingerprint density at radius 1 is 1.18 bits per heavy atom. The maximum atomic E-state index is 13.6. The Morgan fingerprint density at radius 3 is 2.76 bits per heavy atom. The molecule has 0 bridgehead atoms. The van der Waals surface area contributed by atoms with Crippen LogP contribution in [-0.4, -0.2) is 20.1 Å². The summed E-state index contributed by atoms with van der Waals surface area (Å²) in [4.78, 5) is 12.9. The third kappa shape index (κ3) is 1.62. The molecule has 0 amide bonds. The van der Waals surface area contributed by atoms with Gasteiger partial charge in [-0.25, -0.2) is 19.3 Å². The molecule has 0 atom stereocenters. The summed E-state index contributed by atoms with van der Waals surface area (Å²) < 4.78 is 13.6. The summed E-state index contributed by atoms with van der Waals surface area (Å²) in [6, 6.07) is 4.14. The van der Waals surface area contributed by atoms with Crippen molar-refractivity contribution in [3.63, 3.8) is 0 Å². The molecule has 0 aliphatic carbocycles. The summed E-state index contributed by atoms with van der Waals surface area (Å²) in [6.07, 6.45) is 3.07. The number of hydrogen-bond donors (Lipinski definition) is 1. The molecule has 84 valence electrons. The van der Waals surface area contributed by atoms with Crippen molar-refractivity contribution in [2.45, 2.75) is 0 Å². The van der Waals surface area contributed by atoms with E-state index in [0.29, 0.717) is 15.5 Å². The molecule has 3 rings (SSSR count). The summed E-state index contributed by atoms with van der Waals surface area (Å²) in [5.74, 6) is -0.645. The third-order valence-corrected chi connectivity index (χ3v) is 3.22. The van der Waals surface area contributed by atoms with Crippen molar-refractivity contribution >= 4 is 21.8 Å². The van der Waals surface area contributed by atoms with Gasteiger partial charge in [-0.1, -0.05) is 17.4 Å². The van der Waals surface area contributed by atoms with Gasteiger partial charge in [0.05, 0.1) is 5.56 Å². The van der Waals surface area contributed by atoms with Crippen LogP contribution in [-0.2, 0) is 0 Å². The minimum absolute atomic E-state index is 0.0947. The van der Waals surface area contributed by atoms with Gasteiger partial charge >= 0.3 is 0 Å². The van der Waals surface area contributed by atoms with Gasteiger partial charge in [-0.2, -0.15) is 0 Å². The molecule has 17 heavy (non-hydrogen) atoms. The highest BCUT2D eigenvalue weighted by Gasteiger charge is 2.15. The SMILES string of the molecule is Oc1cccc(F)c1-c1nc2nccnc2s1. The summed E-state index contributed by atoms with van der Waals surface area (Å²) in [5, 5.41) is 10.0. The third-order valence-electron chi connectivity index (χ3n) is 2.25. The average molecular weight is 247 g/mol. The zero-order valence-corrected chi connectivity index (χ0v) is 9.28. The van der Waals surface area contributed by atoms with Crippen LogP contribution >= 0.6 is 11.3 Å². The van der Waals surface area contributed by atoms with Gasteiger partial charge in [0.15, 0.2) is 10.5 Å². The van der Waals surface area contributed by atoms with E-state index in [1.165, 1.54) is 35.7 Å². The first-order chi connectivity index (χ1) is 8.25. The van der Waals surface area contributed by atoms with E-state index in [-0.39, 0.29) is 11.3 Å². The number of halogens is 1. The standard InChI is InChI=1S/C11H6FN3OS/c12-6-2-1-3-7(16)8(6)10-15-9-11(17-10)14-5-4-13-9/h1-5,16H. The number of nitrogens with zero attached hydrogens (tertiary/aromatic N) is 3. The number of phenols is 1. The van der Waals surface area contributed by atoms with Crippen molar-refractivity contribution < 1.29 is 9.50 Å². The van der Waals surface area contributed by atoms with Crippen molar-refractivity contribution in [2.24, 2.45) is 0 Å². The van der Waals surface area contributed by atoms with Gasteiger partial charge < -0.3 is 5.11 Å². The molecule has 0 radical (unpaired) electrons. The van der Waals surface area contributed by atoms with Crippen molar-refractivity contribution in [3.8, 4) is 16.3 Å². The van der Waals surface area contributed by atoms with E-state index in [9.17, 15) is 9.50 Å². The molecule has 0 spiro atoms. The second-order valence-corrected chi connectivity index (χ2v) is 4.32. The molecule has 0 saturated carbocycles. The van der Waals surface area contributed by atoms with Crippen LogP contribution in [0.5, 0.6) is 5.75 Å². The largest absolute Gasteiger partial charge is 0.507 e. The smallest absolute Gasteiger partial charge is 0.190 e. The van der Waals surface area contributed by atoms with E-state index >= 15 is 0 Å². The summed E-state index contributed by atoms with van der Waals surface area (Å²) in [6.45, 7) is 0. The Labute approximate surface area is 99.4 Å². The first-order valence-electron chi connectivity index (χ1n) is 4.81. The predicted octanol–water partition coefficient (Wildman–Crippen LogP) is 2.60. The van der Waals surface area contributed by atoms with E-state index in [0.717, 1.165) is 0 Å². The summed E-state index contributed by atoms with van der Waals surface area (Å²) in [5.41, 5.74) is 0.549. The zero-order chi connectivity index (χ0) is 11.8. The first-order valence-corrected chi connectivity index (χ1v) is 5.63. The minimum Gasteiger partial charge on any atom is -0.507 e. The highest BCUT2D eigenvalue weighted by molar-refractivity contribution is 7.21. The van der Waals surface area contributed by atoms with Gasteiger partial charge in [0.1, 0.15) is 16.6 Å². The Bertz CT molecular complexity index is 645. The Kier molecular flexibility index (Phi) is 2.22. The van der Waals surface area contributed by atoms with Crippen molar-refractivity contribution in [1.29, 1.82) is 0 Å². The highest BCUT2D eigenvalue weighted by Crippen LogP contribution is 2.35. The number of phenolic OH excluding ortho intramolecular Hbond substituents is 1. The molecular formula is C11H6FN3OS. The molecule has 0 saturated heterocycles. The van der Waals surface area contributed by atoms with Crippen LogP contribution in [0.3, 0.4) is 0 Å². The zero-order valence-electron chi connectivity index (χ0n) is 8.46. The quantitative estimate of drug-likeness (QED) is 0.718. The fourth-order valence-corrected chi connectivity index (χ4v) is 2.43. The van der Waals surface area contributed by atoms with Crippen LogP contribution in [0.15, 0.2) is 30.6 Å². The number of thiazole rings is 1. The van der Waals surface area contributed by atoms with Gasteiger partial charge in [0, 0.05) is 12.4 Å². The number of aromatic hydroxyl groups is 1. The Balaban J connectivity index is 2.27. The molecule has 2 aromatic heterocycles. The van der Waals surface area contributed by atoms with Crippen molar-refractivity contribution in [1.82, 2.24) is 15.0 Å². The Morgan fingerprint density at radius 2 is 2.00 bits per heavy atom. The number of aromatic nitrogens is 3. The molecule has 2 heterocycles. The first kappa shape index (κ1) is 10.1. The van der Waals surface area contributed by atoms with Crippen LogP contribution in [0.1, 0.15) is 0 Å². The van der Waals surface area contributed by atoms with E-state index in [1.807, 2.05) is 0 Å². The molecule has 6 heteroatoms. The van der Waals surface area contributed by atoms with E-state index < -0.39 is 5.82 Å². The maximum Gasteiger partial charge on any atom is 0.190 e. The maximum absolute atomic E-state index is 13.6. The molecule has 1 N–H and O–H groups in total. The molecule has 0 aliphatic heterocycles. The second-order valence-electron chi connectivity index (χ2n) is 3.34. The molecule has 3 aromatic rings. The van der Waals surface area contributed by atoms with E-state index in [1.54, 1.807) is 6.20 Å². The van der Waals surface area contributed by atoms with Gasteiger partial charge in [0.25, 0.3) is 0 Å². The van der Waals surface area contributed by atoms with Gasteiger partial charge in [0.2, 0.25) is 0 Å². The van der Waals surface area contributed by atoms with Gasteiger partial charge in [-0.15, -0.1) is 0 Å². The van der Waals surface area contributed by atoms with Crippen LogP contribution < -0.4 is 0 Å². The molecular weight excluding hydrogens is 241 g/mol. The van der Waals surface area contributed by atoms with E-state index in [2.05, 4.69) is 15.0 Å². The van der Waals surface area contributed by atoms with E-state index in [4.69, 9.17) is 0 Å². The van der Waals surface area contributed by atoms with Crippen molar-refractivity contribution in [2.75, 3.05) is 0 Å². The van der Waals surface area contributed by atoms with Gasteiger partial charge in [-0.3, -0.25) is 0 Å². The summed E-state index contributed by atoms with van der Waals surface area (Å²) >= 11 is 1.19. The second kappa shape index (κ2) is 3.74.